The van der Waals surface area contributed by atoms with Crippen LogP contribution in [0.5, 0.6) is 0 Å². The topological polar surface area (TPSA) is 17.1 Å². The molecule has 4 heteroatoms. The minimum atomic E-state index is -0.745. The van der Waals surface area contributed by atoms with Gasteiger partial charge in [0.15, 0.2) is 5.78 Å². The number of halogens is 3. The normalized spacial score (nSPS) is 12.2. The van der Waals surface area contributed by atoms with Crippen molar-refractivity contribution in [2.75, 3.05) is 0 Å². The smallest absolute Gasteiger partial charge is 0.186 e. The van der Waals surface area contributed by atoms with Crippen LogP contribution in [0.3, 0.4) is 0 Å². The van der Waals surface area contributed by atoms with Gasteiger partial charge in [-0.3, -0.25) is 4.79 Å². The zero-order valence-electron chi connectivity index (χ0n) is 9.24. The van der Waals surface area contributed by atoms with Crippen LogP contribution in [0.25, 0.3) is 0 Å². The second-order valence-corrected chi connectivity index (χ2v) is 5.04. The Balaban J connectivity index is 2.32. The Hall–Kier alpha value is -1.02. The first kappa shape index (κ1) is 13.4. The van der Waals surface area contributed by atoms with Crippen molar-refractivity contribution < 1.29 is 4.79 Å². The summed E-state index contributed by atoms with van der Waals surface area (Å²) in [4.78, 5) is 12.2. The number of hydrogen-bond donors (Lipinski definition) is 0. The van der Waals surface area contributed by atoms with Crippen LogP contribution in [-0.2, 0) is 0 Å². The Morgan fingerprint density at radius 1 is 1.00 bits per heavy atom. The van der Waals surface area contributed by atoms with Gasteiger partial charge in [0.05, 0.1) is 5.02 Å². The first-order valence-electron chi connectivity index (χ1n) is 5.28. The predicted molar refractivity (Wildman–Crippen MR) is 75.8 cm³/mol. The summed E-state index contributed by atoms with van der Waals surface area (Å²) in [6, 6.07) is 13.9. The van der Waals surface area contributed by atoms with E-state index in [9.17, 15) is 4.79 Å². The van der Waals surface area contributed by atoms with Crippen molar-refractivity contribution in [2.45, 2.75) is 5.38 Å². The zero-order valence-corrected chi connectivity index (χ0v) is 11.5. The van der Waals surface area contributed by atoms with Gasteiger partial charge in [-0.2, -0.15) is 0 Å². The Kier molecular flexibility index (Phi) is 4.28. The molecule has 0 unspecified atom stereocenters. The highest BCUT2D eigenvalue weighted by Gasteiger charge is 2.21. The second kappa shape index (κ2) is 5.75. The van der Waals surface area contributed by atoms with Gasteiger partial charge in [0.1, 0.15) is 5.38 Å². The van der Waals surface area contributed by atoms with Gasteiger partial charge in [-0.25, -0.2) is 0 Å². The molecular weight excluding hydrogens is 291 g/mol. The van der Waals surface area contributed by atoms with Crippen LogP contribution in [0.2, 0.25) is 10.0 Å². The molecule has 0 aromatic heterocycles. The summed E-state index contributed by atoms with van der Waals surface area (Å²) in [6.07, 6.45) is 0. The molecule has 0 N–H and O–H groups in total. The maximum Gasteiger partial charge on any atom is 0.186 e. The van der Waals surface area contributed by atoms with Gasteiger partial charge in [-0.15, -0.1) is 11.6 Å². The number of carbonyl (C=O) groups excluding carboxylic acids is 1. The van der Waals surface area contributed by atoms with Gasteiger partial charge in [-0.05, 0) is 23.8 Å². The fraction of sp³-hybridized carbons (Fsp3) is 0.0714. The summed E-state index contributed by atoms with van der Waals surface area (Å²) in [7, 11) is 0. The summed E-state index contributed by atoms with van der Waals surface area (Å²) >= 11 is 17.9. The van der Waals surface area contributed by atoms with Crippen LogP contribution in [-0.4, -0.2) is 5.78 Å². The minimum absolute atomic E-state index is 0.232. The Morgan fingerprint density at radius 3 is 2.28 bits per heavy atom. The molecule has 2 rings (SSSR count). The number of carbonyl (C=O) groups is 1. The van der Waals surface area contributed by atoms with Crippen molar-refractivity contribution in [2.24, 2.45) is 0 Å². The van der Waals surface area contributed by atoms with Gasteiger partial charge in [0.2, 0.25) is 0 Å². The van der Waals surface area contributed by atoms with E-state index in [1.165, 1.54) is 6.07 Å². The van der Waals surface area contributed by atoms with Gasteiger partial charge in [0, 0.05) is 10.6 Å². The molecule has 2 aromatic carbocycles. The fourth-order valence-corrected chi connectivity index (χ4v) is 2.36. The molecule has 1 nitrogen and oxygen atoms in total. The van der Waals surface area contributed by atoms with E-state index in [1.54, 1.807) is 24.3 Å². The molecule has 0 aliphatic rings. The molecule has 1 atom stereocenters. The Bertz CT molecular complexity index is 567. The summed E-state index contributed by atoms with van der Waals surface area (Å²) in [5.41, 5.74) is 1.13. The first-order valence-corrected chi connectivity index (χ1v) is 6.47. The summed E-state index contributed by atoms with van der Waals surface area (Å²) in [5.74, 6) is -0.232. The van der Waals surface area contributed by atoms with Crippen molar-refractivity contribution in [3.8, 4) is 0 Å². The molecular formula is C14H9Cl3O. The SMILES string of the molecule is O=C(c1ccc(Cl)cc1Cl)[C@@H](Cl)c1ccccc1. The van der Waals surface area contributed by atoms with E-state index < -0.39 is 5.38 Å². The highest BCUT2D eigenvalue weighted by molar-refractivity contribution is 6.40. The molecule has 0 radical (unpaired) electrons. The van der Waals surface area contributed by atoms with E-state index in [4.69, 9.17) is 34.8 Å². The molecule has 0 aliphatic heterocycles. The molecule has 0 heterocycles. The van der Waals surface area contributed by atoms with E-state index in [2.05, 4.69) is 0 Å². The number of Topliss-reactive ketones (excluding diaryl/α,β-unsaturated/α-hetero) is 1. The summed E-state index contributed by atoms with van der Waals surface area (Å²) in [5, 5.41) is 0.0568. The van der Waals surface area contributed by atoms with Crippen molar-refractivity contribution in [3.05, 3.63) is 69.7 Å². The van der Waals surface area contributed by atoms with Crippen LogP contribution in [0.15, 0.2) is 48.5 Å². The van der Waals surface area contributed by atoms with Gasteiger partial charge in [-0.1, -0.05) is 53.5 Å². The van der Waals surface area contributed by atoms with Crippen molar-refractivity contribution in [1.82, 2.24) is 0 Å². The number of rotatable bonds is 3. The van der Waals surface area contributed by atoms with Crippen LogP contribution < -0.4 is 0 Å². The number of ketones is 1. The third kappa shape index (κ3) is 2.86. The van der Waals surface area contributed by atoms with Crippen LogP contribution >= 0.6 is 34.8 Å². The monoisotopic (exact) mass is 298 g/mol. The maximum atomic E-state index is 12.2. The van der Waals surface area contributed by atoms with Crippen molar-refractivity contribution in [1.29, 1.82) is 0 Å². The van der Waals surface area contributed by atoms with E-state index in [0.717, 1.165) is 5.56 Å². The molecule has 0 fully saturated rings. The summed E-state index contributed by atoms with van der Waals surface area (Å²) in [6.45, 7) is 0. The molecule has 0 amide bonds. The average molecular weight is 300 g/mol. The molecule has 0 saturated heterocycles. The molecule has 92 valence electrons. The lowest BCUT2D eigenvalue weighted by molar-refractivity contribution is 0.0987. The third-order valence-electron chi connectivity index (χ3n) is 2.52. The predicted octanol–water partition coefficient (Wildman–Crippen LogP) is 5.16. The molecule has 0 spiro atoms. The number of alkyl halides is 1. The lowest BCUT2D eigenvalue weighted by atomic mass is 10.0. The molecule has 2 aromatic rings. The van der Waals surface area contributed by atoms with E-state index >= 15 is 0 Å². The zero-order chi connectivity index (χ0) is 13.1. The molecule has 18 heavy (non-hydrogen) atoms. The van der Waals surface area contributed by atoms with Crippen molar-refractivity contribution in [3.63, 3.8) is 0 Å². The van der Waals surface area contributed by atoms with Gasteiger partial charge < -0.3 is 0 Å². The largest absolute Gasteiger partial charge is 0.292 e. The fourth-order valence-electron chi connectivity index (χ4n) is 1.60. The second-order valence-electron chi connectivity index (χ2n) is 3.76. The maximum absolute atomic E-state index is 12.2. The minimum Gasteiger partial charge on any atom is -0.292 e. The van der Waals surface area contributed by atoms with Crippen LogP contribution in [0.1, 0.15) is 21.3 Å². The molecule has 0 saturated carbocycles. The highest BCUT2D eigenvalue weighted by Crippen LogP contribution is 2.29. The Labute approximate surface area is 120 Å². The highest BCUT2D eigenvalue weighted by atomic mass is 35.5. The quantitative estimate of drug-likeness (QED) is 0.565. The Morgan fingerprint density at radius 2 is 1.67 bits per heavy atom. The van der Waals surface area contributed by atoms with Crippen LogP contribution in [0.4, 0.5) is 0 Å². The molecule has 0 aliphatic carbocycles. The van der Waals surface area contributed by atoms with Gasteiger partial charge in [0.25, 0.3) is 0 Å². The van der Waals surface area contributed by atoms with E-state index in [-0.39, 0.29) is 5.78 Å². The van der Waals surface area contributed by atoms with Crippen LogP contribution in [0, 0.1) is 0 Å². The standard InChI is InChI=1S/C14H9Cl3O/c15-10-6-7-11(12(16)8-10)14(18)13(17)9-4-2-1-3-5-9/h1-8,13H/t13-/m0/s1. The third-order valence-corrected chi connectivity index (χ3v) is 3.52. The lowest BCUT2D eigenvalue weighted by Crippen LogP contribution is -2.08. The van der Waals surface area contributed by atoms with E-state index in [1.807, 2.05) is 18.2 Å². The first-order chi connectivity index (χ1) is 8.59. The number of benzene rings is 2. The van der Waals surface area contributed by atoms with Crippen molar-refractivity contribution >= 4 is 40.6 Å². The summed E-state index contributed by atoms with van der Waals surface area (Å²) < 4.78 is 0. The molecule has 0 bridgehead atoms. The lowest BCUT2D eigenvalue weighted by Gasteiger charge is -2.10. The number of hydrogen-bond acceptors (Lipinski definition) is 1. The van der Waals surface area contributed by atoms with Gasteiger partial charge >= 0.3 is 0 Å². The van der Waals surface area contributed by atoms with E-state index in [0.29, 0.717) is 15.6 Å². The average Bonchev–Trinajstić information content (AvgIpc) is 2.38.